The average molecular weight is 254 g/mol. The Morgan fingerprint density at radius 1 is 1.28 bits per heavy atom. The molecule has 2 N–H and O–H groups in total. The topological polar surface area (TPSA) is 46.3 Å². The monoisotopic (exact) mass is 254 g/mol. The van der Waals surface area contributed by atoms with Crippen molar-refractivity contribution in [3.8, 4) is 0 Å². The van der Waals surface area contributed by atoms with E-state index in [2.05, 4.69) is 13.8 Å². The third-order valence-electron chi connectivity index (χ3n) is 4.11. The second-order valence-corrected chi connectivity index (χ2v) is 5.83. The number of nitrogens with zero attached hydrogens (tertiary/aromatic N) is 1. The summed E-state index contributed by atoms with van der Waals surface area (Å²) in [5, 5.41) is 0. The molecule has 1 unspecified atom stereocenters. The summed E-state index contributed by atoms with van der Waals surface area (Å²) < 4.78 is 0. The zero-order chi connectivity index (χ0) is 13.4. The normalized spacial score (nSPS) is 19.3. The van der Waals surface area contributed by atoms with Crippen LogP contribution in [0.2, 0.25) is 0 Å². The molecule has 3 nitrogen and oxygen atoms in total. The third kappa shape index (κ3) is 5.38. The summed E-state index contributed by atoms with van der Waals surface area (Å²) in [6, 6.07) is 0. The Hall–Kier alpha value is -0.570. The third-order valence-corrected chi connectivity index (χ3v) is 4.11. The lowest BCUT2D eigenvalue weighted by atomic mass is 9.96. The lowest BCUT2D eigenvalue weighted by Crippen LogP contribution is -2.37. The van der Waals surface area contributed by atoms with Gasteiger partial charge in [-0.25, -0.2) is 0 Å². The van der Waals surface area contributed by atoms with Crippen molar-refractivity contribution < 1.29 is 4.79 Å². The van der Waals surface area contributed by atoms with Crippen molar-refractivity contribution in [1.29, 1.82) is 0 Å². The summed E-state index contributed by atoms with van der Waals surface area (Å²) in [6.45, 7) is 6.47. The quantitative estimate of drug-likeness (QED) is 0.741. The number of hydrogen-bond donors (Lipinski definition) is 1. The average Bonchev–Trinajstić information content (AvgIpc) is 2.64. The molecule has 0 spiro atoms. The largest absolute Gasteiger partial charge is 0.343 e. The highest BCUT2D eigenvalue weighted by Crippen LogP contribution is 2.26. The van der Waals surface area contributed by atoms with Crippen LogP contribution < -0.4 is 5.73 Å². The molecule has 0 radical (unpaired) electrons. The van der Waals surface area contributed by atoms with Gasteiger partial charge in [0.05, 0.1) is 0 Å². The molecule has 3 heteroatoms. The molecule has 1 atom stereocenters. The van der Waals surface area contributed by atoms with Crippen LogP contribution in [-0.4, -0.2) is 30.4 Å². The molecular formula is C15H30N2O. The van der Waals surface area contributed by atoms with Crippen molar-refractivity contribution in [3.63, 3.8) is 0 Å². The minimum Gasteiger partial charge on any atom is -0.343 e. The SMILES string of the molecule is CCN(CC(C)CN)C(=O)CC1CCCCCC1. The highest BCUT2D eigenvalue weighted by Gasteiger charge is 2.20. The molecule has 0 saturated heterocycles. The van der Waals surface area contributed by atoms with Crippen LogP contribution in [0.3, 0.4) is 0 Å². The minimum atomic E-state index is 0.338. The molecule has 1 rings (SSSR count). The predicted octanol–water partition coefficient (Wildman–Crippen LogP) is 2.79. The maximum atomic E-state index is 12.3. The first-order valence-electron chi connectivity index (χ1n) is 7.65. The molecule has 106 valence electrons. The van der Waals surface area contributed by atoms with Crippen molar-refractivity contribution in [2.24, 2.45) is 17.6 Å². The Labute approximate surface area is 112 Å². The zero-order valence-corrected chi connectivity index (χ0v) is 12.2. The van der Waals surface area contributed by atoms with Gasteiger partial charge in [-0.1, -0.05) is 32.6 Å². The fourth-order valence-electron chi connectivity index (χ4n) is 2.80. The van der Waals surface area contributed by atoms with E-state index in [9.17, 15) is 4.79 Å². The Morgan fingerprint density at radius 2 is 1.89 bits per heavy atom. The van der Waals surface area contributed by atoms with E-state index in [1.807, 2.05) is 4.90 Å². The predicted molar refractivity (Wildman–Crippen MR) is 76.3 cm³/mol. The number of amides is 1. The summed E-state index contributed by atoms with van der Waals surface area (Å²) in [5.41, 5.74) is 5.64. The van der Waals surface area contributed by atoms with Gasteiger partial charge in [0.1, 0.15) is 0 Å². The standard InChI is InChI=1S/C15H30N2O/c1-3-17(12-13(2)11-16)15(18)10-14-8-6-4-5-7-9-14/h13-14H,3-12,16H2,1-2H3. The smallest absolute Gasteiger partial charge is 0.222 e. The molecule has 1 aliphatic carbocycles. The Balaban J connectivity index is 2.40. The van der Waals surface area contributed by atoms with E-state index in [-0.39, 0.29) is 0 Å². The van der Waals surface area contributed by atoms with Crippen LogP contribution in [0, 0.1) is 11.8 Å². The fourth-order valence-corrected chi connectivity index (χ4v) is 2.80. The van der Waals surface area contributed by atoms with Gasteiger partial charge in [-0.15, -0.1) is 0 Å². The second-order valence-electron chi connectivity index (χ2n) is 5.83. The minimum absolute atomic E-state index is 0.338. The van der Waals surface area contributed by atoms with Crippen LogP contribution in [-0.2, 0) is 4.79 Å². The van der Waals surface area contributed by atoms with E-state index in [4.69, 9.17) is 5.73 Å². The number of hydrogen-bond acceptors (Lipinski definition) is 2. The molecule has 1 amide bonds. The lowest BCUT2D eigenvalue weighted by molar-refractivity contribution is -0.132. The Kier molecular flexibility index (Phi) is 7.33. The van der Waals surface area contributed by atoms with E-state index in [1.54, 1.807) is 0 Å². The molecule has 0 aromatic carbocycles. The van der Waals surface area contributed by atoms with Crippen LogP contribution in [0.15, 0.2) is 0 Å². The van der Waals surface area contributed by atoms with E-state index in [1.165, 1.54) is 38.5 Å². The molecule has 1 saturated carbocycles. The zero-order valence-electron chi connectivity index (χ0n) is 12.2. The molecule has 0 aromatic heterocycles. The van der Waals surface area contributed by atoms with Gasteiger partial charge in [-0.05, 0) is 38.1 Å². The van der Waals surface area contributed by atoms with Crippen molar-refractivity contribution in [3.05, 3.63) is 0 Å². The summed E-state index contributed by atoms with van der Waals surface area (Å²) in [5.74, 6) is 1.37. The van der Waals surface area contributed by atoms with Gasteiger partial charge in [-0.2, -0.15) is 0 Å². The first kappa shape index (κ1) is 15.5. The Morgan fingerprint density at radius 3 is 2.39 bits per heavy atom. The van der Waals surface area contributed by atoms with Crippen molar-refractivity contribution >= 4 is 5.91 Å². The summed E-state index contributed by atoms with van der Waals surface area (Å²) in [6.07, 6.45) is 8.57. The lowest BCUT2D eigenvalue weighted by Gasteiger charge is -2.26. The first-order valence-corrected chi connectivity index (χ1v) is 7.65. The molecule has 0 bridgehead atoms. The number of nitrogens with two attached hydrogens (primary N) is 1. The van der Waals surface area contributed by atoms with Gasteiger partial charge < -0.3 is 10.6 Å². The maximum absolute atomic E-state index is 12.3. The van der Waals surface area contributed by atoms with Gasteiger partial charge in [0.25, 0.3) is 0 Å². The fraction of sp³-hybridized carbons (Fsp3) is 0.933. The summed E-state index contributed by atoms with van der Waals surface area (Å²) in [4.78, 5) is 14.3. The van der Waals surface area contributed by atoms with Crippen LogP contribution in [0.25, 0.3) is 0 Å². The van der Waals surface area contributed by atoms with Crippen LogP contribution in [0.1, 0.15) is 58.8 Å². The molecule has 1 aliphatic rings. The molecule has 0 heterocycles. The summed E-state index contributed by atoms with van der Waals surface area (Å²) >= 11 is 0. The molecule has 0 aromatic rings. The van der Waals surface area contributed by atoms with Crippen LogP contribution >= 0.6 is 0 Å². The van der Waals surface area contributed by atoms with E-state index < -0.39 is 0 Å². The van der Waals surface area contributed by atoms with Crippen LogP contribution in [0.4, 0.5) is 0 Å². The van der Waals surface area contributed by atoms with Crippen molar-refractivity contribution in [2.75, 3.05) is 19.6 Å². The van der Waals surface area contributed by atoms with Crippen molar-refractivity contribution in [2.45, 2.75) is 58.8 Å². The van der Waals surface area contributed by atoms with Gasteiger partial charge in [0.2, 0.25) is 5.91 Å². The Bertz CT molecular complexity index is 235. The summed E-state index contributed by atoms with van der Waals surface area (Å²) in [7, 11) is 0. The second kappa shape index (κ2) is 8.52. The highest BCUT2D eigenvalue weighted by molar-refractivity contribution is 5.76. The van der Waals surface area contributed by atoms with Crippen molar-refractivity contribution in [1.82, 2.24) is 4.90 Å². The molecule has 0 aliphatic heterocycles. The number of carbonyl (C=O) groups is 1. The molecule has 18 heavy (non-hydrogen) atoms. The first-order chi connectivity index (χ1) is 8.67. The molecule has 1 fully saturated rings. The number of rotatable bonds is 6. The van der Waals surface area contributed by atoms with E-state index in [0.29, 0.717) is 24.3 Å². The van der Waals surface area contributed by atoms with Gasteiger partial charge >= 0.3 is 0 Å². The highest BCUT2D eigenvalue weighted by atomic mass is 16.2. The molecular weight excluding hydrogens is 224 g/mol. The maximum Gasteiger partial charge on any atom is 0.222 e. The van der Waals surface area contributed by atoms with Gasteiger partial charge in [0, 0.05) is 19.5 Å². The van der Waals surface area contributed by atoms with E-state index >= 15 is 0 Å². The number of carbonyl (C=O) groups excluding carboxylic acids is 1. The van der Waals surface area contributed by atoms with E-state index in [0.717, 1.165) is 19.5 Å². The van der Waals surface area contributed by atoms with Gasteiger partial charge in [0.15, 0.2) is 0 Å². The van der Waals surface area contributed by atoms with Crippen LogP contribution in [0.5, 0.6) is 0 Å². The van der Waals surface area contributed by atoms with Gasteiger partial charge in [-0.3, -0.25) is 4.79 Å².